The molecule has 8 heteroatoms. The van der Waals surface area contributed by atoms with Crippen molar-refractivity contribution in [2.24, 2.45) is 0 Å². The molecule has 1 atom stereocenters. The van der Waals surface area contributed by atoms with E-state index in [2.05, 4.69) is 5.32 Å². The van der Waals surface area contributed by atoms with Crippen LogP contribution in [0.5, 0.6) is 5.75 Å². The Labute approximate surface area is 160 Å². The first-order chi connectivity index (χ1) is 12.3. The van der Waals surface area contributed by atoms with Gasteiger partial charge in [0, 0.05) is 18.7 Å². The van der Waals surface area contributed by atoms with Crippen molar-refractivity contribution >= 4 is 35.2 Å². The summed E-state index contributed by atoms with van der Waals surface area (Å²) in [4.78, 5) is 25.1. The highest BCUT2D eigenvalue weighted by Gasteiger charge is 2.30. The first kappa shape index (κ1) is 18.4. The minimum Gasteiger partial charge on any atom is -0.508 e. The van der Waals surface area contributed by atoms with Crippen molar-refractivity contribution in [3.05, 3.63) is 63.1 Å². The minimum absolute atomic E-state index is 0.0976. The zero-order chi connectivity index (χ0) is 18.8. The lowest BCUT2D eigenvalue weighted by Gasteiger charge is -2.35. The van der Waals surface area contributed by atoms with Crippen molar-refractivity contribution in [3.8, 4) is 5.75 Å². The van der Waals surface area contributed by atoms with Crippen LogP contribution in [0.3, 0.4) is 0 Å². The van der Waals surface area contributed by atoms with Gasteiger partial charge >= 0.3 is 6.09 Å². The van der Waals surface area contributed by atoms with Crippen LogP contribution in [-0.2, 0) is 13.0 Å². The third-order valence-corrected chi connectivity index (χ3v) is 5.09. The van der Waals surface area contributed by atoms with Gasteiger partial charge in [-0.2, -0.15) is 0 Å². The number of carbonyl (C=O) groups excluding carboxylic acids is 1. The highest BCUT2D eigenvalue weighted by molar-refractivity contribution is 6.42. The lowest BCUT2D eigenvalue weighted by Crippen LogP contribution is -2.49. The molecule has 0 fully saturated rings. The Hall–Kier alpha value is -2.44. The summed E-state index contributed by atoms with van der Waals surface area (Å²) in [5.41, 5.74) is 2.07. The number of rotatable bonds is 3. The molecule has 0 saturated carbocycles. The summed E-state index contributed by atoms with van der Waals surface area (Å²) < 4.78 is 0. The van der Waals surface area contributed by atoms with Gasteiger partial charge in [-0.3, -0.25) is 9.69 Å². The fourth-order valence-corrected chi connectivity index (χ4v) is 3.29. The van der Waals surface area contributed by atoms with Gasteiger partial charge < -0.3 is 15.5 Å². The molecule has 2 aromatic rings. The van der Waals surface area contributed by atoms with E-state index in [0.717, 1.165) is 11.1 Å². The normalized spacial score (nSPS) is 16.1. The van der Waals surface area contributed by atoms with Gasteiger partial charge in [-0.25, -0.2) is 4.79 Å². The Kier molecular flexibility index (Phi) is 5.25. The monoisotopic (exact) mass is 394 g/mol. The van der Waals surface area contributed by atoms with E-state index in [0.29, 0.717) is 17.0 Å². The van der Waals surface area contributed by atoms with Gasteiger partial charge in [0.2, 0.25) is 0 Å². The number of benzene rings is 2. The van der Waals surface area contributed by atoms with Crippen LogP contribution in [0.2, 0.25) is 10.0 Å². The molecule has 1 aliphatic rings. The maximum absolute atomic E-state index is 12.3. The van der Waals surface area contributed by atoms with Crippen LogP contribution in [0.4, 0.5) is 4.79 Å². The molecular weight excluding hydrogens is 379 g/mol. The highest BCUT2D eigenvalue weighted by Crippen LogP contribution is 2.27. The second-order valence-electron chi connectivity index (χ2n) is 6.06. The van der Waals surface area contributed by atoms with Gasteiger partial charge in [-0.1, -0.05) is 29.3 Å². The van der Waals surface area contributed by atoms with E-state index in [-0.39, 0.29) is 29.8 Å². The first-order valence-corrected chi connectivity index (χ1v) is 8.64. The largest absolute Gasteiger partial charge is 0.508 e. The van der Waals surface area contributed by atoms with Gasteiger partial charge in [0.05, 0.1) is 16.1 Å². The molecule has 136 valence electrons. The quantitative estimate of drug-likeness (QED) is 0.742. The number of nitrogens with zero attached hydrogens (tertiary/aromatic N) is 1. The molecule has 6 nitrogen and oxygen atoms in total. The smallest absolute Gasteiger partial charge is 0.407 e. The number of carbonyl (C=O) groups is 2. The number of phenols is 1. The molecule has 0 unspecified atom stereocenters. The number of nitrogens with one attached hydrogen (secondary N) is 1. The summed E-state index contributed by atoms with van der Waals surface area (Å²) in [6, 6.07) is 9.06. The number of fused-ring (bicyclic) bond motifs is 1. The molecule has 26 heavy (non-hydrogen) atoms. The maximum atomic E-state index is 12.3. The van der Waals surface area contributed by atoms with E-state index in [4.69, 9.17) is 23.2 Å². The number of amides is 2. The van der Waals surface area contributed by atoms with E-state index >= 15 is 0 Å². The van der Waals surface area contributed by atoms with Crippen LogP contribution >= 0.6 is 23.2 Å². The van der Waals surface area contributed by atoms with Crippen molar-refractivity contribution in [2.45, 2.75) is 19.0 Å². The fourth-order valence-electron chi connectivity index (χ4n) is 2.99. The molecule has 0 aromatic heterocycles. The zero-order valence-corrected chi connectivity index (χ0v) is 15.1. The summed E-state index contributed by atoms with van der Waals surface area (Å²) in [6.07, 6.45) is -0.628. The van der Waals surface area contributed by atoms with E-state index in [1.165, 1.54) is 17.0 Å². The van der Waals surface area contributed by atoms with Crippen LogP contribution in [0.25, 0.3) is 0 Å². The molecule has 1 heterocycles. The number of carboxylic acid groups (broad SMARTS) is 1. The second kappa shape index (κ2) is 7.43. The summed E-state index contributed by atoms with van der Waals surface area (Å²) >= 11 is 11.8. The van der Waals surface area contributed by atoms with Gasteiger partial charge in [-0.05, 0) is 47.9 Å². The van der Waals surface area contributed by atoms with Crippen molar-refractivity contribution in [3.63, 3.8) is 0 Å². The Bertz CT molecular complexity index is 872. The van der Waals surface area contributed by atoms with Gasteiger partial charge in [-0.15, -0.1) is 0 Å². The van der Waals surface area contributed by atoms with Crippen molar-refractivity contribution in [1.82, 2.24) is 10.2 Å². The van der Waals surface area contributed by atoms with Crippen LogP contribution in [0.15, 0.2) is 36.4 Å². The van der Waals surface area contributed by atoms with Crippen LogP contribution in [0.1, 0.15) is 21.5 Å². The second-order valence-corrected chi connectivity index (χ2v) is 6.87. The van der Waals surface area contributed by atoms with E-state index in [1.807, 2.05) is 0 Å². The van der Waals surface area contributed by atoms with Gasteiger partial charge in [0.15, 0.2) is 0 Å². The molecule has 0 aliphatic carbocycles. The predicted octanol–water partition coefficient (Wildman–Crippen LogP) is 3.53. The molecule has 0 saturated heterocycles. The predicted molar refractivity (Wildman–Crippen MR) is 98.0 cm³/mol. The van der Waals surface area contributed by atoms with Crippen molar-refractivity contribution in [1.29, 1.82) is 0 Å². The summed E-state index contributed by atoms with van der Waals surface area (Å²) in [5.74, 6) is -0.258. The maximum Gasteiger partial charge on any atom is 0.407 e. The minimum atomic E-state index is -1.08. The van der Waals surface area contributed by atoms with E-state index < -0.39 is 12.1 Å². The SMILES string of the molecule is O=C(NC[C@@H]1Cc2ccc(O)cc2CN1C(=O)O)c1ccc(Cl)c(Cl)c1. The standard InChI is InChI=1S/C18H16Cl2N2O4/c19-15-4-2-11(7-16(15)20)17(24)21-8-13-5-10-1-3-14(23)6-12(10)9-22(13)18(25)26/h1-4,6-7,13,23H,5,8-9H2,(H,21,24)(H,25,26)/t13-/m0/s1. The lowest BCUT2D eigenvalue weighted by atomic mass is 9.94. The number of hydrogen-bond donors (Lipinski definition) is 3. The summed E-state index contributed by atoms with van der Waals surface area (Å²) in [6.45, 7) is 0.318. The van der Waals surface area contributed by atoms with Crippen molar-refractivity contribution < 1.29 is 19.8 Å². The highest BCUT2D eigenvalue weighted by atomic mass is 35.5. The summed E-state index contributed by atoms with van der Waals surface area (Å²) in [5, 5.41) is 22.4. The average molecular weight is 395 g/mol. The third-order valence-electron chi connectivity index (χ3n) is 4.35. The van der Waals surface area contributed by atoms with E-state index in [9.17, 15) is 19.8 Å². The number of phenolic OH excluding ortho intramolecular Hbond substituents is 1. The molecule has 2 aromatic carbocycles. The fraction of sp³-hybridized carbons (Fsp3) is 0.222. The van der Waals surface area contributed by atoms with Crippen molar-refractivity contribution in [2.75, 3.05) is 6.54 Å². The number of aromatic hydroxyl groups is 1. The molecule has 0 radical (unpaired) electrons. The van der Waals surface area contributed by atoms with Crippen LogP contribution < -0.4 is 5.32 Å². The molecule has 2 amide bonds. The number of hydrogen-bond acceptors (Lipinski definition) is 3. The van der Waals surface area contributed by atoms with Gasteiger partial charge in [0.1, 0.15) is 5.75 Å². The molecule has 0 spiro atoms. The average Bonchev–Trinajstić information content (AvgIpc) is 2.61. The molecule has 3 rings (SSSR count). The Morgan fingerprint density at radius 3 is 2.58 bits per heavy atom. The number of halogens is 2. The van der Waals surface area contributed by atoms with Gasteiger partial charge in [0.25, 0.3) is 5.91 Å². The topological polar surface area (TPSA) is 89.9 Å². The Morgan fingerprint density at radius 2 is 1.88 bits per heavy atom. The van der Waals surface area contributed by atoms with E-state index in [1.54, 1.807) is 24.3 Å². The molecule has 0 bridgehead atoms. The summed E-state index contributed by atoms with van der Waals surface area (Å²) in [7, 11) is 0. The third kappa shape index (κ3) is 3.86. The lowest BCUT2D eigenvalue weighted by molar-refractivity contribution is 0.0903. The Balaban J connectivity index is 1.73. The molecule has 1 aliphatic heterocycles. The first-order valence-electron chi connectivity index (χ1n) is 7.88. The zero-order valence-electron chi connectivity index (χ0n) is 13.6. The molecular formula is C18H16Cl2N2O4. The van der Waals surface area contributed by atoms with Crippen LogP contribution in [0, 0.1) is 0 Å². The Morgan fingerprint density at radius 1 is 1.12 bits per heavy atom. The molecule has 3 N–H and O–H groups in total. The van der Waals surface area contributed by atoms with Crippen LogP contribution in [-0.4, -0.2) is 39.7 Å².